The predicted molar refractivity (Wildman–Crippen MR) is 109 cm³/mol. The summed E-state index contributed by atoms with van der Waals surface area (Å²) in [5.74, 6) is 0.799. The van der Waals surface area contributed by atoms with Crippen molar-refractivity contribution in [2.75, 3.05) is 11.9 Å². The topological polar surface area (TPSA) is 92.8 Å². The van der Waals surface area contributed by atoms with Crippen molar-refractivity contribution in [2.45, 2.75) is 0 Å². The molecule has 0 unspecified atom stereocenters. The van der Waals surface area contributed by atoms with Crippen LogP contribution in [-0.4, -0.2) is 27.3 Å². The van der Waals surface area contributed by atoms with Gasteiger partial charge in [0.25, 0.3) is 5.91 Å². The summed E-state index contributed by atoms with van der Waals surface area (Å²) in [6.45, 7) is -0.233. The van der Waals surface area contributed by atoms with E-state index in [0.717, 1.165) is 10.9 Å². The second-order valence-electron chi connectivity index (χ2n) is 6.08. The number of halogens is 1. The van der Waals surface area contributed by atoms with E-state index < -0.39 is 5.91 Å². The molecule has 29 heavy (non-hydrogen) atoms. The Kier molecular flexibility index (Phi) is 5.10. The van der Waals surface area contributed by atoms with Gasteiger partial charge in [-0.25, -0.2) is 4.98 Å². The highest BCUT2D eigenvalue weighted by Gasteiger charge is 2.16. The summed E-state index contributed by atoms with van der Waals surface area (Å²) in [7, 11) is 0. The average Bonchev–Trinajstić information content (AvgIpc) is 3.15. The van der Waals surface area contributed by atoms with Gasteiger partial charge in [0.05, 0.1) is 11.7 Å². The van der Waals surface area contributed by atoms with Crippen molar-refractivity contribution in [3.05, 3.63) is 77.4 Å². The van der Waals surface area contributed by atoms with E-state index in [1.165, 1.54) is 10.9 Å². The van der Waals surface area contributed by atoms with Crippen molar-refractivity contribution in [3.63, 3.8) is 0 Å². The van der Waals surface area contributed by atoms with E-state index in [1.54, 1.807) is 30.3 Å². The number of carbonyl (C=O) groups is 1. The quantitative estimate of drug-likeness (QED) is 0.544. The van der Waals surface area contributed by atoms with Crippen LogP contribution in [0.1, 0.15) is 5.56 Å². The van der Waals surface area contributed by atoms with E-state index in [4.69, 9.17) is 16.3 Å². The van der Waals surface area contributed by atoms with Crippen LogP contribution in [-0.2, 0) is 4.79 Å². The monoisotopic (exact) mass is 403 g/mol. The van der Waals surface area contributed by atoms with Gasteiger partial charge < -0.3 is 10.1 Å². The number of carbonyl (C=O) groups excluding carboxylic acids is 1. The number of para-hydroxylation sites is 1. The first-order valence-electron chi connectivity index (χ1n) is 8.66. The fourth-order valence-electron chi connectivity index (χ4n) is 2.75. The number of pyridine rings is 1. The number of benzene rings is 2. The molecule has 0 atom stereocenters. The van der Waals surface area contributed by atoms with E-state index in [0.29, 0.717) is 16.6 Å². The Hall–Kier alpha value is -3.89. The largest absolute Gasteiger partial charge is 0.484 e. The lowest BCUT2D eigenvalue weighted by Crippen LogP contribution is -2.22. The number of hydrogen-bond donors (Lipinski definition) is 1. The van der Waals surface area contributed by atoms with Crippen LogP contribution in [0.3, 0.4) is 0 Å². The molecule has 0 spiro atoms. The molecule has 0 bridgehead atoms. The molecule has 1 amide bonds. The third-order valence-corrected chi connectivity index (χ3v) is 4.38. The van der Waals surface area contributed by atoms with Gasteiger partial charge in [0, 0.05) is 10.4 Å². The van der Waals surface area contributed by atoms with Gasteiger partial charge in [-0.05, 0) is 42.5 Å². The molecule has 4 rings (SSSR count). The van der Waals surface area contributed by atoms with Crippen LogP contribution in [0.5, 0.6) is 5.75 Å². The highest BCUT2D eigenvalue weighted by atomic mass is 35.5. The third-order valence-electron chi connectivity index (χ3n) is 4.13. The van der Waals surface area contributed by atoms with Crippen LogP contribution in [0, 0.1) is 11.3 Å². The normalized spacial score (nSPS) is 10.5. The fourth-order valence-corrected chi connectivity index (χ4v) is 2.87. The van der Waals surface area contributed by atoms with Gasteiger partial charge in [-0.3, -0.25) is 4.79 Å². The summed E-state index contributed by atoms with van der Waals surface area (Å²) in [4.78, 5) is 16.9. The minimum Gasteiger partial charge on any atom is -0.484 e. The summed E-state index contributed by atoms with van der Waals surface area (Å²) in [5, 5.41) is 17.8. The average molecular weight is 404 g/mol. The Balaban J connectivity index is 1.56. The van der Waals surface area contributed by atoms with E-state index >= 15 is 0 Å². The van der Waals surface area contributed by atoms with Crippen molar-refractivity contribution < 1.29 is 9.53 Å². The molecule has 0 saturated carbocycles. The van der Waals surface area contributed by atoms with Gasteiger partial charge in [0.1, 0.15) is 17.4 Å². The van der Waals surface area contributed by atoms with Gasteiger partial charge in [0.15, 0.2) is 18.2 Å². The molecule has 8 heteroatoms. The van der Waals surface area contributed by atoms with Crippen LogP contribution in [0.4, 0.5) is 5.82 Å². The number of nitriles is 1. The number of nitrogens with one attached hydrogen (secondary N) is 1. The first kappa shape index (κ1) is 18.5. The van der Waals surface area contributed by atoms with Crippen LogP contribution in [0.2, 0.25) is 5.02 Å². The van der Waals surface area contributed by atoms with E-state index in [2.05, 4.69) is 15.4 Å². The van der Waals surface area contributed by atoms with Crippen LogP contribution in [0.25, 0.3) is 16.7 Å². The maximum Gasteiger partial charge on any atom is 0.263 e. The Bertz CT molecular complexity index is 1230. The second-order valence-corrected chi connectivity index (χ2v) is 6.52. The van der Waals surface area contributed by atoms with Crippen LogP contribution in [0.15, 0.2) is 66.9 Å². The number of anilines is 1. The molecule has 0 fully saturated rings. The van der Waals surface area contributed by atoms with Crippen molar-refractivity contribution in [3.8, 4) is 17.6 Å². The predicted octanol–water partition coefficient (Wildman–Crippen LogP) is 3.96. The Morgan fingerprint density at radius 2 is 1.93 bits per heavy atom. The molecule has 142 valence electrons. The van der Waals surface area contributed by atoms with E-state index in [-0.39, 0.29) is 18.0 Å². The van der Waals surface area contributed by atoms with Gasteiger partial charge in [-0.2, -0.15) is 15.0 Å². The van der Waals surface area contributed by atoms with E-state index in [1.807, 2.05) is 36.4 Å². The number of hydrogen-bond acceptors (Lipinski definition) is 5. The molecule has 2 aromatic heterocycles. The molecule has 0 radical (unpaired) electrons. The number of fused-ring (bicyclic) bond motifs is 1. The molecule has 0 aliphatic carbocycles. The number of nitrogens with zero attached hydrogens (tertiary/aromatic N) is 4. The van der Waals surface area contributed by atoms with Crippen molar-refractivity contribution in [1.29, 1.82) is 5.26 Å². The molecule has 4 aromatic rings. The van der Waals surface area contributed by atoms with Crippen molar-refractivity contribution in [2.24, 2.45) is 0 Å². The molecule has 1 N–H and O–H groups in total. The zero-order chi connectivity index (χ0) is 20.2. The highest BCUT2D eigenvalue weighted by Crippen LogP contribution is 2.21. The smallest absolute Gasteiger partial charge is 0.263 e. The number of amides is 1. The Morgan fingerprint density at radius 1 is 1.14 bits per heavy atom. The molecule has 0 saturated heterocycles. The maximum atomic E-state index is 12.4. The standard InChI is InChI=1S/C21H14ClN5O2/c22-16-6-8-17(9-7-16)29-13-20(28)26-21-15(11-23)12-24-27(21)19-10-5-14-3-1-2-4-18(14)25-19/h1-10,12H,13H2,(H,26,28). The first-order valence-corrected chi connectivity index (χ1v) is 9.04. The lowest BCUT2D eigenvalue weighted by molar-refractivity contribution is -0.118. The van der Waals surface area contributed by atoms with Crippen molar-refractivity contribution >= 4 is 34.2 Å². The fraction of sp³-hybridized carbons (Fsp3) is 0.0476. The highest BCUT2D eigenvalue weighted by molar-refractivity contribution is 6.30. The lowest BCUT2D eigenvalue weighted by atomic mass is 10.2. The van der Waals surface area contributed by atoms with Gasteiger partial charge >= 0.3 is 0 Å². The van der Waals surface area contributed by atoms with Crippen LogP contribution < -0.4 is 10.1 Å². The zero-order valence-corrected chi connectivity index (χ0v) is 15.8. The second kappa shape index (κ2) is 8.00. The maximum absolute atomic E-state index is 12.4. The first-order chi connectivity index (χ1) is 14.1. The number of ether oxygens (including phenoxy) is 1. The van der Waals surface area contributed by atoms with Crippen molar-refractivity contribution in [1.82, 2.24) is 14.8 Å². The minimum absolute atomic E-state index is 0.222. The van der Waals surface area contributed by atoms with Gasteiger partial charge in [-0.15, -0.1) is 0 Å². The molecule has 0 aliphatic heterocycles. The lowest BCUT2D eigenvalue weighted by Gasteiger charge is -2.10. The molecular weight excluding hydrogens is 390 g/mol. The molecular formula is C21H14ClN5O2. The minimum atomic E-state index is -0.431. The SMILES string of the molecule is N#Cc1cnn(-c2ccc3ccccc3n2)c1NC(=O)COc1ccc(Cl)cc1. The molecule has 2 aromatic carbocycles. The Labute approximate surface area is 171 Å². The molecule has 7 nitrogen and oxygen atoms in total. The van der Waals surface area contributed by atoms with E-state index in [9.17, 15) is 10.1 Å². The summed E-state index contributed by atoms with van der Waals surface area (Å²) in [5.41, 5.74) is 1.00. The summed E-state index contributed by atoms with van der Waals surface area (Å²) in [6.07, 6.45) is 1.38. The summed E-state index contributed by atoms with van der Waals surface area (Å²) in [6, 6.07) is 20.0. The van der Waals surface area contributed by atoms with Gasteiger partial charge in [-0.1, -0.05) is 29.8 Å². The summed E-state index contributed by atoms with van der Waals surface area (Å²) < 4.78 is 6.87. The molecule has 2 heterocycles. The zero-order valence-electron chi connectivity index (χ0n) is 15.0. The Morgan fingerprint density at radius 3 is 2.72 bits per heavy atom. The number of rotatable bonds is 5. The number of aromatic nitrogens is 3. The molecule has 0 aliphatic rings. The summed E-state index contributed by atoms with van der Waals surface area (Å²) >= 11 is 5.83. The van der Waals surface area contributed by atoms with Crippen LogP contribution >= 0.6 is 11.6 Å². The third kappa shape index (κ3) is 4.03. The van der Waals surface area contributed by atoms with Gasteiger partial charge in [0.2, 0.25) is 0 Å².